The van der Waals surface area contributed by atoms with Gasteiger partial charge in [0, 0.05) is 4.47 Å². The van der Waals surface area contributed by atoms with Gasteiger partial charge in [0.2, 0.25) is 0 Å². The van der Waals surface area contributed by atoms with Crippen molar-refractivity contribution in [2.75, 3.05) is 7.11 Å². The lowest BCUT2D eigenvalue weighted by Gasteiger charge is -2.14. The molecule has 0 fully saturated rings. The minimum atomic E-state index is -0.425. The highest BCUT2D eigenvalue weighted by Crippen LogP contribution is 2.27. The van der Waals surface area contributed by atoms with Gasteiger partial charge in [0.15, 0.2) is 0 Å². The Morgan fingerprint density at radius 3 is 2.62 bits per heavy atom. The van der Waals surface area contributed by atoms with E-state index in [9.17, 15) is 10.1 Å². The summed E-state index contributed by atoms with van der Waals surface area (Å²) in [5, 5.41) is 9.49. The first-order chi connectivity index (χ1) is 10.2. The summed E-state index contributed by atoms with van der Waals surface area (Å²) in [6.45, 7) is 0. The highest BCUT2D eigenvalue weighted by Gasteiger charge is 2.20. The van der Waals surface area contributed by atoms with Crippen LogP contribution >= 0.6 is 15.9 Å². The van der Waals surface area contributed by atoms with E-state index in [0.717, 1.165) is 10.0 Å². The Morgan fingerprint density at radius 2 is 2.00 bits per heavy atom. The summed E-state index contributed by atoms with van der Waals surface area (Å²) in [4.78, 5) is 11.9. The Bertz CT molecular complexity index is 677. The number of rotatable bonds is 4. The molecule has 0 spiro atoms. The lowest BCUT2D eigenvalue weighted by atomic mass is 9.90. The number of hydrogen-bond acceptors (Lipinski definition) is 3. The molecule has 21 heavy (non-hydrogen) atoms. The molecule has 0 aliphatic carbocycles. The third kappa shape index (κ3) is 3.71. The predicted octanol–water partition coefficient (Wildman–Crippen LogP) is 4.09. The quantitative estimate of drug-likeness (QED) is 0.785. The smallest absolute Gasteiger partial charge is 0.338 e. The number of hydrogen-bond donors (Lipinski definition) is 0. The number of esters is 1. The summed E-state index contributed by atoms with van der Waals surface area (Å²) in [6.07, 6.45) is 0.553. The molecule has 0 heterocycles. The molecule has 0 aliphatic rings. The fourth-order valence-electron chi connectivity index (χ4n) is 2.19. The molecule has 0 amide bonds. The second kappa shape index (κ2) is 7.05. The number of carbonyl (C=O) groups excluding carboxylic acids is 1. The fraction of sp³-hybridized carbons (Fsp3) is 0.176. The van der Waals surface area contributed by atoms with Crippen LogP contribution in [0.2, 0.25) is 0 Å². The normalized spacial score (nSPS) is 11.5. The second-order valence-electron chi connectivity index (χ2n) is 4.59. The van der Waals surface area contributed by atoms with Crippen LogP contribution in [-0.4, -0.2) is 13.1 Å². The Hall–Kier alpha value is -2.12. The molecule has 4 heteroatoms. The Balaban J connectivity index is 2.40. The van der Waals surface area contributed by atoms with Crippen LogP contribution < -0.4 is 0 Å². The molecule has 0 saturated heterocycles. The van der Waals surface area contributed by atoms with E-state index in [4.69, 9.17) is 4.74 Å². The number of methoxy groups -OCH3 is 1. The first kappa shape index (κ1) is 15.3. The highest BCUT2D eigenvalue weighted by molar-refractivity contribution is 9.10. The van der Waals surface area contributed by atoms with Crippen LogP contribution in [0.25, 0.3) is 0 Å². The molecule has 0 radical (unpaired) electrons. The molecule has 106 valence electrons. The van der Waals surface area contributed by atoms with Crippen molar-refractivity contribution in [3.63, 3.8) is 0 Å². The molecule has 0 aliphatic heterocycles. The molecule has 3 nitrogen and oxygen atoms in total. The van der Waals surface area contributed by atoms with Crippen LogP contribution in [0.4, 0.5) is 0 Å². The van der Waals surface area contributed by atoms with Crippen LogP contribution in [0, 0.1) is 11.3 Å². The molecule has 2 rings (SSSR count). The van der Waals surface area contributed by atoms with Crippen molar-refractivity contribution in [1.29, 1.82) is 5.26 Å². The van der Waals surface area contributed by atoms with Crippen LogP contribution in [0.15, 0.2) is 53.0 Å². The minimum Gasteiger partial charge on any atom is -0.465 e. The summed E-state index contributed by atoms with van der Waals surface area (Å²) in [5.74, 6) is -0.829. The van der Waals surface area contributed by atoms with E-state index in [2.05, 4.69) is 22.0 Å². The van der Waals surface area contributed by atoms with Gasteiger partial charge in [-0.2, -0.15) is 5.26 Å². The Kier molecular flexibility index (Phi) is 5.13. The summed E-state index contributed by atoms with van der Waals surface area (Å²) >= 11 is 3.39. The number of benzene rings is 2. The third-order valence-corrected chi connectivity index (χ3v) is 3.73. The maximum atomic E-state index is 11.9. The monoisotopic (exact) mass is 343 g/mol. The zero-order valence-electron chi connectivity index (χ0n) is 11.5. The van der Waals surface area contributed by atoms with Crippen molar-refractivity contribution in [1.82, 2.24) is 0 Å². The highest BCUT2D eigenvalue weighted by atomic mass is 79.9. The van der Waals surface area contributed by atoms with Gasteiger partial charge in [0.25, 0.3) is 0 Å². The Morgan fingerprint density at radius 1 is 1.29 bits per heavy atom. The van der Waals surface area contributed by atoms with E-state index in [1.54, 1.807) is 12.1 Å². The first-order valence-electron chi connectivity index (χ1n) is 6.47. The molecule has 0 unspecified atom stereocenters. The van der Waals surface area contributed by atoms with Crippen molar-refractivity contribution >= 4 is 21.9 Å². The van der Waals surface area contributed by atoms with Crippen molar-refractivity contribution < 1.29 is 9.53 Å². The van der Waals surface area contributed by atoms with Gasteiger partial charge in [-0.25, -0.2) is 4.79 Å². The maximum Gasteiger partial charge on any atom is 0.338 e. The van der Waals surface area contributed by atoms with Gasteiger partial charge in [-0.05, 0) is 35.7 Å². The van der Waals surface area contributed by atoms with E-state index in [0.29, 0.717) is 17.5 Å². The number of nitrogens with zero attached hydrogens (tertiary/aromatic N) is 1. The van der Waals surface area contributed by atoms with Crippen molar-refractivity contribution in [3.8, 4) is 6.07 Å². The second-order valence-corrected chi connectivity index (χ2v) is 5.51. The van der Waals surface area contributed by atoms with Crippen molar-refractivity contribution in [2.45, 2.75) is 12.3 Å². The van der Waals surface area contributed by atoms with E-state index in [1.165, 1.54) is 7.11 Å². The van der Waals surface area contributed by atoms with Gasteiger partial charge in [-0.15, -0.1) is 0 Å². The lowest BCUT2D eigenvalue weighted by molar-refractivity contribution is 0.0599. The molecule has 2 aromatic carbocycles. The van der Waals surface area contributed by atoms with Gasteiger partial charge < -0.3 is 4.74 Å². The standard InChI is InChI=1S/C17H14BrNO2/c1-21-17(20)15-8-7-14(18)10-16(15)13(11-19)9-12-5-3-2-4-6-12/h2-8,10,13H,9H2,1H3/t13-/m0/s1. The van der Waals surface area contributed by atoms with Crippen LogP contribution in [0.5, 0.6) is 0 Å². The molecule has 0 N–H and O–H groups in total. The van der Waals surface area contributed by atoms with E-state index < -0.39 is 11.9 Å². The first-order valence-corrected chi connectivity index (χ1v) is 7.26. The van der Waals surface area contributed by atoms with Crippen molar-refractivity contribution in [3.05, 3.63) is 69.7 Å². The molecule has 2 aromatic rings. The predicted molar refractivity (Wildman–Crippen MR) is 84.0 cm³/mol. The van der Waals surface area contributed by atoms with Gasteiger partial charge in [-0.1, -0.05) is 46.3 Å². The molecular formula is C17H14BrNO2. The number of nitriles is 1. The van der Waals surface area contributed by atoms with Crippen LogP contribution in [0.3, 0.4) is 0 Å². The van der Waals surface area contributed by atoms with Crippen LogP contribution in [-0.2, 0) is 11.2 Å². The summed E-state index contributed by atoms with van der Waals surface area (Å²) in [7, 11) is 1.34. The topological polar surface area (TPSA) is 50.1 Å². The minimum absolute atomic E-state index is 0.404. The average molecular weight is 344 g/mol. The van der Waals surface area contributed by atoms with Gasteiger partial charge in [0.1, 0.15) is 0 Å². The van der Waals surface area contributed by atoms with E-state index in [-0.39, 0.29) is 0 Å². The molecule has 0 aromatic heterocycles. The molecule has 0 bridgehead atoms. The zero-order chi connectivity index (χ0) is 15.2. The van der Waals surface area contributed by atoms with Gasteiger partial charge in [0.05, 0.1) is 24.7 Å². The Labute approximate surface area is 132 Å². The average Bonchev–Trinajstić information content (AvgIpc) is 2.52. The number of ether oxygens (including phenoxy) is 1. The van der Waals surface area contributed by atoms with Crippen LogP contribution in [0.1, 0.15) is 27.4 Å². The summed E-state index contributed by atoms with van der Waals surface area (Å²) in [6, 6.07) is 17.3. The zero-order valence-corrected chi connectivity index (χ0v) is 13.1. The maximum absolute atomic E-state index is 11.9. The SMILES string of the molecule is COC(=O)c1ccc(Br)cc1[C@H](C#N)Cc1ccccc1. The fourth-order valence-corrected chi connectivity index (χ4v) is 2.57. The molecular weight excluding hydrogens is 330 g/mol. The van der Waals surface area contributed by atoms with E-state index >= 15 is 0 Å². The van der Waals surface area contributed by atoms with E-state index in [1.807, 2.05) is 36.4 Å². The number of halogens is 1. The van der Waals surface area contributed by atoms with Crippen molar-refractivity contribution in [2.24, 2.45) is 0 Å². The van der Waals surface area contributed by atoms with Gasteiger partial charge in [-0.3, -0.25) is 0 Å². The molecule has 0 saturated carbocycles. The molecule has 1 atom stereocenters. The number of carbonyl (C=O) groups is 1. The summed E-state index contributed by atoms with van der Waals surface area (Å²) < 4.78 is 5.63. The largest absolute Gasteiger partial charge is 0.465 e. The van der Waals surface area contributed by atoms with Gasteiger partial charge >= 0.3 is 5.97 Å². The summed E-state index contributed by atoms with van der Waals surface area (Å²) in [5.41, 5.74) is 2.17. The lowest BCUT2D eigenvalue weighted by Crippen LogP contribution is -2.10. The third-order valence-electron chi connectivity index (χ3n) is 3.23.